The van der Waals surface area contributed by atoms with Gasteiger partial charge in [-0.1, -0.05) is 12.1 Å². The molecule has 0 radical (unpaired) electrons. The number of rotatable bonds is 1. The van der Waals surface area contributed by atoms with Crippen molar-refractivity contribution in [2.24, 2.45) is 0 Å². The highest BCUT2D eigenvalue weighted by molar-refractivity contribution is 6.24. The van der Waals surface area contributed by atoms with Crippen molar-refractivity contribution in [1.82, 2.24) is 10.2 Å². The fraction of sp³-hybridized carbons (Fsp3) is 0.286. The van der Waals surface area contributed by atoms with Gasteiger partial charge in [-0.25, -0.2) is 0 Å². The molecule has 1 aromatic carbocycles. The van der Waals surface area contributed by atoms with E-state index in [2.05, 4.69) is 5.32 Å². The Morgan fingerprint density at radius 1 is 1.15 bits per heavy atom. The molecule has 0 aliphatic carbocycles. The third kappa shape index (κ3) is 1.65. The normalized spacial score (nSPS) is 22.1. The molecule has 20 heavy (non-hydrogen) atoms. The molecule has 0 unspecified atom stereocenters. The zero-order valence-corrected chi connectivity index (χ0v) is 10.8. The Labute approximate surface area is 114 Å². The van der Waals surface area contributed by atoms with Crippen molar-refractivity contribution in [3.05, 3.63) is 34.9 Å². The summed E-state index contributed by atoms with van der Waals surface area (Å²) < 4.78 is 0. The van der Waals surface area contributed by atoms with Crippen LogP contribution in [0, 0.1) is 6.92 Å². The number of carbonyl (C=O) groups excluding carboxylic acids is 4. The van der Waals surface area contributed by atoms with Crippen LogP contribution in [-0.4, -0.2) is 34.6 Å². The zero-order chi connectivity index (χ0) is 14.4. The molecule has 1 aromatic rings. The molecule has 3 rings (SSSR count). The van der Waals surface area contributed by atoms with Gasteiger partial charge in [-0.05, 0) is 25.0 Å². The summed E-state index contributed by atoms with van der Waals surface area (Å²) in [5.41, 5.74) is 1.37. The average Bonchev–Trinajstić information content (AvgIpc) is 2.64. The summed E-state index contributed by atoms with van der Waals surface area (Å²) in [7, 11) is 0. The van der Waals surface area contributed by atoms with Gasteiger partial charge in [0.25, 0.3) is 11.8 Å². The van der Waals surface area contributed by atoms with Gasteiger partial charge in [0.15, 0.2) is 0 Å². The molecule has 4 amide bonds. The van der Waals surface area contributed by atoms with Crippen LogP contribution in [0.15, 0.2) is 18.2 Å². The van der Waals surface area contributed by atoms with Crippen molar-refractivity contribution in [1.29, 1.82) is 0 Å². The topological polar surface area (TPSA) is 83.6 Å². The molecule has 1 atom stereocenters. The number of aryl methyl sites for hydroxylation is 1. The number of hydrogen-bond donors (Lipinski definition) is 1. The SMILES string of the molecule is Cc1cccc2c1C(=O)N([C@@H]1CCC(=O)NC1=O)C2=O. The minimum Gasteiger partial charge on any atom is -0.295 e. The smallest absolute Gasteiger partial charge is 0.262 e. The number of hydrogen-bond acceptors (Lipinski definition) is 4. The largest absolute Gasteiger partial charge is 0.295 e. The Morgan fingerprint density at radius 2 is 1.90 bits per heavy atom. The van der Waals surface area contributed by atoms with Crippen LogP contribution in [0.3, 0.4) is 0 Å². The molecule has 0 spiro atoms. The number of piperidine rings is 1. The van der Waals surface area contributed by atoms with Gasteiger partial charge in [0, 0.05) is 6.42 Å². The third-order valence-corrected chi connectivity index (χ3v) is 3.68. The Kier molecular flexibility index (Phi) is 2.67. The molecule has 1 fully saturated rings. The molecule has 0 aromatic heterocycles. The molecule has 2 heterocycles. The van der Waals surface area contributed by atoms with Crippen molar-refractivity contribution in [2.75, 3.05) is 0 Å². The van der Waals surface area contributed by atoms with Crippen molar-refractivity contribution < 1.29 is 19.2 Å². The summed E-state index contributed by atoms with van der Waals surface area (Å²) >= 11 is 0. The Bertz CT molecular complexity index is 665. The molecule has 6 nitrogen and oxygen atoms in total. The first kappa shape index (κ1) is 12.5. The maximum absolute atomic E-state index is 12.4. The van der Waals surface area contributed by atoms with E-state index in [1.165, 1.54) is 0 Å². The summed E-state index contributed by atoms with van der Waals surface area (Å²) in [6.45, 7) is 1.75. The van der Waals surface area contributed by atoms with Crippen LogP contribution >= 0.6 is 0 Å². The van der Waals surface area contributed by atoms with E-state index in [0.29, 0.717) is 16.7 Å². The van der Waals surface area contributed by atoms with Gasteiger partial charge in [-0.2, -0.15) is 0 Å². The van der Waals surface area contributed by atoms with Crippen LogP contribution < -0.4 is 5.32 Å². The maximum Gasteiger partial charge on any atom is 0.262 e. The first-order valence-electron chi connectivity index (χ1n) is 6.32. The number of imide groups is 2. The van der Waals surface area contributed by atoms with Gasteiger partial charge < -0.3 is 0 Å². The van der Waals surface area contributed by atoms with E-state index in [0.717, 1.165) is 4.90 Å². The lowest BCUT2D eigenvalue weighted by Crippen LogP contribution is -2.54. The highest BCUT2D eigenvalue weighted by Crippen LogP contribution is 2.29. The van der Waals surface area contributed by atoms with E-state index < -0.39 is 23.8 Å². The molecule has 2 aliphatic rings. The summed E-state index contributed by atoms with van der Waals surface area (Å²) in [5.74, 6) is -1.90. The average molecular weight is 272 g/mol. The molecule has 0 saturated carbocycles. The molecule has 0 bridgehead atoms. The van der Waals surface area contributed by atoms with Crippen LogP contribution in [-0.2, 0) is 9.59 Å². The van der Waals surface area contributed by atoms with Gasteiger partial charge in [0.2, 0.25) is 11.8 Å². The molecule has 1 N–H and O–H groups in total. The fourth-order valence-corrected chi connectivity index (χ4v) is 2.68. The lowest BCUT2D eigenvalue weighted by atomic mass is 10.0. The van der Waals surface area contributed by atoms with Crippen molar-refractivity contribution >= 4 is 23.6 Å². The molecule has 102 valence electrons. The maximum atomic E-state index is 12.4. The summed E-state index contributed by atoms with van der Waals surface area (Å²) in [6.07, 6.45) is 0.304. The number of carbonyl (C=O) groups is 4. The van der Waals surface area contributed by atoms with Gasteiger partial charge in [0.05, 0.1) is 11.1 Å². The Balaban J connectivity index is 2.00. The summed E-state index contributed by atoms with van der Waals surface area (Å²) in [5, 5.41) is 2.16. The number of benzene rings is 1. The van der Waals surface area contributed by atoms with E-state index in [1.807, 2.05) is 0 Å². The predicted octanol–water partition coefficient (Wildman–Crippen LogP) is 0.396. The van der Waals surface area contributed by atoms with Crippen LogP contribution in [0.25, 0.3) is 0 Å². The van der Waals surface area contributed by atoms with Crippen LogP contribution in [0.4, 0.5) is 0 Å². The second-order valence-corrected chi connectivity index (χ2v) is 4.94. The number of nitrogens with zero attached hydrogens (tertiary/aromatic N) is 1. The first-order valence-corrected chi connectivity index (χ1v) is 6.32. The lowest BCUT2D eigenvalue weighted by Gasteiger charge is -2.27. The van der Waals surface area contributed by atoms with E-state index in [-0.39, 0.29) is 18.7 Å². The minimum absolute atomic E-state index is 0.128. The lowest BCUT2D eigenvalue weighted by molar-refractivity contribution is -0.136. The van der Waals surface area contributed by atoms with E-state index in [9.17, 15) is 19.2 Å². The van der Waals surface area contributed by atoms with Crippen molar-refractivity contribution in [3.8, 4) is 0 Å². The molecular formula is C14H12N2O4. The van der Waals surface area contributed by atoms with Crippen LogP contribution in [0.5, 0.6) is 0 Å². The minimum atomic E-state index is -0.903. The van der Waals surface area contributed by atoms with Crippen LogP contribution in [0.2, 0.25) is 0 Å². The van der Waals surface area contributed by atoms with E-state index in [1.54, 1.807) is 25.1 Å². The third-order valence-electron chi connectivity index (χ3n) is 3.68. The monoisotopic (exact) mass is 272 g/mol. The fourth-order valence-electron chi connectivity index (χ4n) is 2.68. The predicted molar refractivity (Wildman–Crippen MR) is 67.9 cm³/mol. The Hall–Kier alpha value is -2.50. The van der Waals surface area contributed by atoms with Gasteiger partial charge in [-0.15, -0.1) is 0 Å². The number of nitrogens with one attached hydrogen (secondary N) is 1. The molecule has 6 heteroatoms. The number of fused-ring (bicyclic) bond motifs is 1. The second-order valence-electron chi connectivity index (χ2n) is 4.94. The summed E-state index contributed by atoms with van der Waals surface area (Å²) in [6, 6.07) is 4.12. The molecule has 1 saturated heterocycles. The highest BCUT2D eigenvalue weighted by atomic mass is 16.2. The van der Waals surface area contributed by atoms with Gasteiger partial charge >= 0.3 is 0 Å². The number of amides is 4. The molecule has 2 aliphatic heterocycles. The van der Waals surface area contributed by atoms with Gasteiger partial charge in [-0.3, -0.25) is 29.4 Å². The quantitative estimate of drug-likeness (QED) is 0.750. The first-order chi connectivity index (χ1) is 9.50. The zero-order valence-electron chi connectivity index (χ0n) is 10.8. The van der Waals surface area contributed by atoms with E-state index in [4.69, 9.17) is 0 Å². The standard InChI is InChI=1S/C14H12N2O4/c1-7-3-2-4-8-11(7)14(20)16(13(8)19)9-5-6-10(17)15-12(9)18/h2-4,9H,5-6H2,1H3,(H,15,17,18)/t9-/m1/s1. The highest BCUT2D eigenvalue weighted by Gasteiger charge is 2.44. The second kappa shape index (κ2) is 4.26. The van der Waals surface area contributed by atoms with E-state index >= 15 is 0 Å². The van der Waals surface area contributed by atoms with Crippen molar-refractivity contribution in [3.63, 3.8) is 0 Å². The molecular weight excluding hydrogens is 260 g/mol. The van der Waals surface area contributed by atoms with Crippen LogP contribution in [0.1, 0.15) is 39.1 Å². The Morgan fingerprint density at radius 3 is 2.55 bits per heavy atom. The summed E-state index contributed by atoms with van der Waals surface area (Å²) in [4.78, 5) is 48.7. The van der Waals surface area contributed by atoms with Gasteiger partial charge in [0.1, 0.15) is 6.04 Å². The van der Waals surface area contributed by atoms with Crippen molar-refractivity contribution in [2.45, 2.75) is 25.8 Å².